The summed E-state index contributed by atoms with van der Waals surface area (Å²) in [7, 11) is 0. The first-order valence-corrected chi connectivity index (χ1v) is 7.60. The van der Waals surface area contributed by atoms with Gasteiger partial charge in [-0.25, -0.2) is 9.97 Å². The predicted octanol–water partition coefficient (Wildman–Crippen LogP) is 2.97. The summed E-state index contributed by atoms with van der Waals surface area (Å²) in [5, 5.41) is 3.92. The van der Waals surface area contributed by atoms with Gasteiger partial charge in [-0.05, 0) is 31.2 Å². The number of aryl methyl sites for hydroxylation is 1. The third-order valence-corrected chi connectivity index (χ3v) is 4.18. The Balaban J connectivity index is 1.59. The summed E-state index contributed by atoms with van der Waals surface area (Å²) in [6.45, 7) is 2.44. The zero-order chi connectivity index (χ0) is 14.7. The van der Waals surface area contributed by atoms with E-state index < -0.39 is 0 Å². The number of hydrogen-bond donors (Lipinski definition) is 1. The molecule has 0 radical (unpaired) electrons. The van der Waals surface area contributed by atoms with Crippen LogP contribution in [0.2, 0.25) is 0 Å². The Labute approximate surface area is 126 Å². The second kappa shape index (κ2) is 6.01. The number of nitrogens with one attached hydrogen (secondary N) is 1. The zero-order valence-corrected chi connectivity index (χ0v) is 12.5. The number of pyridine rings is 1. The SMILES string of the molecule is Cc1cccc(C(=O)NCCc2nc3ccccc3s2)n1. The van der Waals surface area contributed by atoms with Crippen LogP contribution in [0, 0.1) is 6.92 Å². The van der Waals surface area contributed by atoms with E-state index in [4.69, 9.17) is 0 Å². The Hall–Kier alpha value is -2.27. The normalized spacial score (nSPS) is 10.7. The van der Waals surface area contributed by atoms with Crippen LogP contribution >= 0.6 is 11.3 Å². The number of hydrogen-bond acceptors (Lipinski definition) is 4. The monoisotopic (exact) mass is 297 g/mol. The Morgan fingerprint density at radius 1 is 1.14 bits per heavy atom. The van der Waals surface area contributed by atoms with Gasteiger partial charge in [-0.1, -0.05) is 18.2 Å². The van der Waals surface area contributed by atoms with E-state index in [9.17, 15) is 4.79 Å². The van der Waals surface area contributed by atoms with E-state index in [0.29, 0.717) is 12.2 Å². The summed E-state index contributed by atoms with van der Waals surface area (Å²) in [5.74, 6) is -0.139. The Morgan fingerprint density at radius 2 is 2.00 bits per heavy atom. The molecule has 3 rings (SSSR count). The summed E-state index contributed by atoms with van der Waals surface area (Å²) in [5.41, 5.74) is 2.32. The van der Waals surface area contributed by atoms with Gasteiger partial charge in [0.2, 0.25) is 0 Å². The number of carbonyl (C=O) groups is 1. The van der Waals surface area contributed by atoms with Crippen molar-refractivity contribution < 1.29 is 4.79 Å². The summed E-state index contributed by atoms with van der Waals surface area (Å²) in [6.07, 6.45) is 0.733. The molecule has 106 valence electrons. The minimum atomic E-state index is -0.139. The van der Waals surface area contributed by atoms with Crippen molar-refractivity contribution in [3.63, 3.8) is 0 Å². The number of benzene rings is 1. The van der Waals surface area contributed by atoms with Gasteiger partial charge in [-0.2, -0.15) is 0 Å². The second-order valence-electron chi connectivity index (χ2n) is 4.75. The molecular weight excluding hydrogens is 282 g/mol. The molecule has 1 N–H and O–H groups in total. The molecule has 21 heavy (non-hydrogen) atoms. The van der Waals surface area contributed by atoms with Crippen LogP contribution in [0.1, 0.15) is 21.2 Å². The van der Waals surface area contributed by atoms with Gasteiger partial charge in [0.25, 0.3) is 5.91 Å². The molecule has 0 bridgehead atoms. The molecule has 4 nitrogen and oxygen atoms in total. The highest BCUT2D eigenvalue weighted by molar-refractivity contribution is 7.18. The Bertz CT molecular complexity index is 749. The lowest BCUT2D eigenvalue weighted by Gasteiger charge is -2.03. The average molecular weight is 297 g/mol. The van der Waals surface area contributed by atoms with E-state index in [0.717, 1.165) is 22.6 Å². The van der Waals surface area contributed by atoms with Crippen molar-refractivity contribution in [2.75, 3.05) is 6.54 Å². The molecule has 0 unspecified atom stereocenters. The van der Waals surface area contributed by atoms with Crippen molar-refractivity contribution in [2.45, 2.75) is 13.3 Å². The van der Waals surface area contributed by atoms with Crippen molar-refractivity contribution in [1.82, 2.24) is 15.3 Å². The smallest absolute Gasteiger partial charge is 0.269 e. The van der Waals surface area contributed by atoms with Gasteiger partial charge < -0.3 is 5.32 Å². The number of amides is 1. The third kappa shape index (κ3) is 3.25. The first kappa shape index (κ1) is 13.7. The van der Waals surface area contributed by atoms with Crippen molar-refractivity contribution in [2.24, 2.45) is 0 Å². The summed E-state index contributed by atoms with van der Waals surface area (Å²) in [6, 6.07) is 13.5. The first-order chi connectivity index (χ1) is 10.2. The molecule has 0 saturated heterocycles. The fraction of sp³-hybridized carbons (Fsp3) is 0.188. The highest BCUT2D eigenvalue weighted by atomic mass is 32.1. The van der Waals surface area contributed by atoms with E-state index in [2.05, 4.69) is 21.4 Å². The minimum Gasteiger partial charge on any atom is -0.350 e. The largest absolute Gasteiger partial charge is 0.350 e. The van der Waals surface area contributed by atoms with Gasteiger partial charge in [-0.3, -0.25) is 4.79 Å². The molecule has 0 fully saturated rings. The molecule has 2 aromatic heterocycles. The van der Waals surface area contributed by atoms with E-state index >= 15 is 0 Å². The maximum absolute atomic E-state index is 12.0. The number of carbonyl (C=O) groups excluding carboxylic acids is 1. The number of thiazole rings is 1. The number of nitrogens with zero attached hydrogens (tertiary/aromatic N) is 2. The lowest BCUT2D eigenvalue weighted by atomic mass is 10.3. The molecule has 2 heterocycles. The van der Waals surface area contributed by atoms with E-state index in [1.807, 2.05) is 37.3 Å². The van der Waals surface area contributed by atoms with E-state index in [1.165, 1.54) is 4.70 Å². The predicted molar refractivity (Wildman–Crippen MR) is 84.6 cm³/mol. The average Bonchev–Trinajstić information content (AvgIpc) is 2.89. The van der Waals surface area contributed by atoms with E-state index in [1.54, 1.807) is 17.4 Å². The van der Waals surface area contributed by atoms with Gasteiger partial charge in [0.15, 0.2) is 0 Å². The maximum atomic E-state index is 12.0. The molecule has 3 aromatic rings. The molecule has 5 heteroatoms. The molecule has 0 saturated carbocycles. The van der Waals surface area contributed by atoms with Crippen LogP contribution in [-0.4, -0.2) is 22.4 Å². The fourth-order valence-corrected chi connectivity index (χ4v) is 3.04. The zero-order valence-electron chi connectivity index (χ0n) is 11.7. The van der Waals surface area contributed by atoms with Crippen LogP contribution in [0.15, 0.2) is 42.5 Å². The number of para-hydroxylation sites is 1. The molecule has 0 aliphatic heterocycles. The maximum Gasteiger partial charge on any atom is 0.269 e. The van der Waals surface area contributed by atoms with Crippen LogP contribution in [0.5, 0.6) is 0 Å². The van der Waals surface area contributed by atoms with Crippen LogP contribution in [-0.2, 0) is 6.42 Å². The molecule has 0 atom stereocenters. The highest BCUT2D eigenvalue weighted by Gasteiger charge is 2.07. The number of rotatable bonds is 4. The third-order valence-electron chi connectivity index (χ3n) is 3.08. The van der Waals surface area contributed by atoms with Crippen LogP contribution in [0.3, 0.4) is 0 Å². The fourth-order valence-electron chi connectivity index (χ4n) is 2.07. The van der Waals surface area contributed by atoms with Gasteiger partial charge >= 0.3 is 0 Å². The molecule has 1 aromatic carbocycles. The topological polar surface area (TPSA) is 54.9 Å². The van der Waals surface area contributed by atoms with Crippen molar-refractivity contribution in [1.29, 1.82) is 0 Å². The standard InChI is InChI=1S/C16H15N3OS/c1-11-5-4-7-13(18-11)16(20)17-10-9-15-19-12-6-2-3-8-14(12)21-15/h2-8H,9-10H2,1H3,(H,17,20). The van der Waals surface area contributed by atoms with Crippen LogP contribution < -0.4 is 5.32 Å². The lowest BCUT2D eigenvalue weighted by Crippen LogP contribution is -2.26. The summed E-state index contributed by atoms with van der Waals surface area (Å²) >= 11 is 1.67. The lowest BCUT2D eigenvalue weighted by molar-refractivity contribution is 0.0949. The molecule has 0 spiro atoms. The number of aromatic nitrogens is 2. The summed E-state index contributed by atoms with van der Waals surface area (Å²) in [4.78, 5) is 20.7. The van der Waals surface area contributed by atoms with Crippen molar-refractivity contribution >= 4 is 27.5 Å². The first-order valence-electron chi connectivity index (χ1n) is 6.79. The molecule has 1 amide bonds. The van der Waals surface area contributed by atoms with Crippen LogP contribution in [0.4, 0.5) is 0 Å². The molecular formula is C16H15N3OS. The number of fused-ring (bicyclic) bond motifs is 1. The minimum absolute atomic E-state index is 0.139. The van der Waals surface area contributed by atoms with Crippen molar-refractivity contribution in [3.05, 3.63) is 58.9 Å². The van der Waals surface area contributed by atoms with Crippen LogP contribution in [0.25, 0.3) is 10.2 Å². The Morgan fingerprint density at radius 3 is 2.81 bits per heavy atom. The second-order valence-corrected chi connectivity index (χ2v) is 5.86. The highest BCUT2D eigenvalue weighted by Crippen LogP contribution is 2.21. The molecule has 0 aliphatic carbocycles. The van der Waals surface area contributed by atoms with Gasteiger partial charge in [0.05, 0.1) is 15.2 Å². The quantitative estimate of drug-likeness (QED) is 0.805. The van der Waals surface area contributed by atoms with Crippen molar-refractivity contribution in [3.8, 4) is 0 Å². The summed E-state index contributed by atoms with van der Waals surface area (Å²) < 4.78 is 1.18. The van der Waals surface area contributed by atoms with Gasteiger partial charge in [0.1, 0.15) is 5.69 Å². The van der Waals surface area contributed by atoms with E-state index in [-0.39, 0.29) is 5.91 Å². The Kier molecular flexibility index (Phi) is 3.92. The molecule has 0 aliphatic rings. The van der Waals surface area contributed by atoms with Gasteiger partial charge in [0, 0.05) is 18.7 Å². The van der Waals surface area contributed by atoms with Gasteiger partial charge in [-0.15, -0.1) is 11.3 Å².